The summed E-state index contributed by atoms with van der Waals surface area (Å²) in [6, 6.07) is 14.8. The van der Waals surface area contributed by atoms with E-state index in [4.69, 9.17) is 4.74 Å². The Hall–Kier alpha value is -1.48. The molecule has 0 fully saturated rings. The largest absolute Gasteiger partial charge is 0.481 e. The molecule has 1 N–H and O–H groups in total. The van der Waals surface area contributed by atoms with Crippen molar-refractivity contribution in [2.45, 2.75) is 26.0 Å². The van der Waals surface area contributed by atoms with Crippen LogP contribution in [0.15, 0.2) is 46.9 Å². The van der Waals surface area contributed by atoms with Gasteiger partial charge in [0.15, 0.2) is 0 Å². The zero-order valence-electron chi connectivity index (χ0n) is 11.0. The van der Waals surface area contributed by atoms with Gasteiger partial charge >= 0.3 is 0 Å². The third kappa shape index (κ3) is 2.47. The van der Waals surface area contributed by atoms with Crippen LogP contribution in [-0.4, -0.2) is 6.04 Å². The molecule has 2 nitrogen and oxygen atoms in total. The molecule has 0 aromatic heterocycles. The lowest BCUT2D eigenvalue weighted by Crippen LogP contribution is -2.32. The van der Waals surface area contributed by atoms with Gasteiger partial charge < -0.3 is 10.1 Å². The Kier molecular flexibility index (Phi) is 3.23. The fraction of sp³-hybridized carbons (Fsp3) is 0.250. The summed E-state index contributed by atoms with van der Waals surface area (Å²) in [5.74, 6) is 0.925. The van der Waals surface area contributed by atoms with E-state index in [0.29, 0.717) is 0 Å². The van der Waals surface area contributed by atoms with Crippen LogP contribution in [0.4, 0.5) is 5.69 Å². The van der Waals surface area contributed by atoms with Gasteiger partial charge in [0.1, 0.15) is 11.9 Å². The van der Waals surface area contributed by atoms with Gasteiger partial charge in [-0.1, -0.05) is 34.1 Å². The maximum Gasteiger partial charge on any atom is 0.144 e. The molecule has 3 rings (SSSR count). The molecule has 0 amide bonds. The second kappa shape index (κ2) is 4.89. The van der Waals surface area contributed by atoms with Crippen LogP contribution in [0.2, 0.25) is 0 Å². The molecule has 1 aliphatic rings. The minimum absolute atomic E-state index is 0.0349. The molecule has 98 valence electrons. The van der Waals surface area contributed by atoms with E-state index in [-0.39, 0.29) is 12.1 Å². The molecule has 2 unspecified atom stereocenters. The Morgan fingerprint density at radius 1 is 1.16 bits per heavy atom. The van der Waals surface area contributed by atoms with Crippen molar-refractivity contribution in [1.82, 2.24) is 0 Å². The van der Waals surface area contributed by atoms with Gasteiger partial charge in [-0.05, 0) is 49.2 Å². The third-order valence-electron chi connectivity index (χ3n) is 3.40. The number of hydrogen-bond donors (Lipinski definition) is 1. The Morgan fingerprint density at radius 2 is 2.00 bits per heavy atom. The fourth-order valence-electron chi connectivity index (χ4n) is 2.46. The highest BCUT2D eigenvalue weighted by Crippen LogP contribution is 2.38. The van der Waals surface area contributed by atoms with Gasteiger partial charge in [0.2, 0.25) is 0 Å². The minimum atomic E-state index is 0.0349. The van der Waals surface area contributed by atoms with E-state index in [1.165, 1.54) is 11.1 Å². The van der Waals surface area contributed by atoms with Gasteiger partial charge in [0.05, 0.1) is 11.7 Å². The summed E-state index contributed by atoms with van der Waals surface area (Å²) in [5.41, 5.74) is 3.50. The van der Waals surface area contributed by atoms with E-state index < -0.39 is 0 Å². The summed E-state index contributed by atoms with van der Waals surface area (Å²) in [4.78, 5) is 0. The SMILES string of the molecule is Cc1ccc2c(c1)NC(C)C(c1cccc(Br)c1)O2. The molecule has 3 heteroatoms. The number of halogens is 1. The van der Waals surface area contributed by atoms with Crippen molar-refractivity contribution in [3.8, 4) is 5.75 Å². The molecule has 0 saturated heterocycles. The maximum absolute atomic E-state index is 6.16. The Balaban J connectivity index is 1.95. The quantitative estimate of drug-likeness (QED) is 0.823. The number of anilines is 1. The van der Waals surface area contributed by atoms with Crippen molar-refractivity contribution in [1.29, 1.82) is 0 Å². The number of rotatable bonds is 1. The number of nitrogens with one attached hydrogen (secondary N) is 1. The van der Waals surface area contributed by atoms with E-state index >= 15 is 0 Å². The lowest BCUT2D eigenvalue weighted by Gasteiger charge is -2.33. The number of hydrogen-bond acceptors (Lipinski definition) is 2. The van der Waals surface area contributed by atoms with Crippen molar-refractivity contribution < 1.29 is 4.74 Å². The average molecular weight is 318 g/mol. The predicted octanol–water partition coefficient (Wildman–Crippen LogP) is 4.69. The molecule has 19 heavy (non-hydrogen) atoms. The molecular formula is C16H16BrNO. The van der Waals surface area contributed by atoms with Crippen LogP contribution in [0.1, 0.15) is 24.2 Å². The van der Waals surface area contributed by atoms with E-state index in [0.717, 1.165) is 15.9 Å². The van der Waals surface area contributed by atoms with Crippen LogP contribution in [0.3, 0.4) is 0 Å². The molecular weight excluding hydrogens is 302 g/mol. The Labute approximate surface area is 121 Å². The fourth-order valence-corrected chi connectivity index (χ4v) is 2.88. The lowest BCUT2D eigenvalue weighted by molar-refractivity contribution is 0.177. The summed E-state index contributed by atoms with van der Waals surface area (Å²) >= 11 is 3.51. The Bertz CT molecular complexity index is 611. The molecule has 1 heterocycles. The first-order valence-electron chi connectivity index (χ1n) is 6.43. The van der Waals surface area contributed by atoms with Crippen molar-refractivity contribution >= 4 is 21.6 Å². The van der Waals surface area contributed by atoms with Gasteiger partial charge in [-0.2, -0.15) is 0 Å². The van der Waals surface area contributed by atoms with Crippen LogP contribution in [0.5, 0.6) is 5.75 Å². The van der Waals surface area contributed by atoms with Crippen LogP contribution in [-0.2, 0) is 0 Å². The second-order valence-electron chi connectivity index (χ2n) is 5.03. The molecule has 2 atom stereocenters. The zero-order valence-corrected chi connectivity index (χ0v) is 12.6. The summed E-state index contributed by atoms with van der Waals surface area (Å²) in [6.07, 6.45) is 0.0349. The average Bonchev–Trinajstić information content (AvgIpc) is 2.37. The predicted molar refractivity (Wildman–Crippen MR) is 81.8 cm³/mol. The van der Waals surface area contributed by atoms with Gasteiger partial charge in [-0.25, -0.2) is 0 Å². The molecule has 2 aromatic rings. The summed E-state index contributed by atoms with van der Waals surface area (Å²) < 4.78 is 7.24. The second-order valence-corrected chi connectivity index (χ2v) is 5.94. The maximum atomic E-state index is 6.16. The van der Waals surface area contributed by atoms with E-state index in [1.54, 1.807) is 0 Å². The minimum Gasteiger partial charge on any atom is -0.481 e. The van der Waals surface area contributed by atoms with Crippen LogP contribution < -0.4 is 10.1 Å². The smallest absolute Gasteiger partial charge is 0.144 e. The van der Waals surface area contributed by atoms with Gasteiger partial charge in [0, 0.05) is 4.47 Å². The van der Waals surface area contributed by atoms with Crippen LogP contribution >= 0.6 is 15.9 Å². The molecule has 0 spiro atoms. The van der Waals surface area contributed by atoms with Gasteiger partial charge in [-0.3, -0.25) is 0 Å². The number of fused-ring (bicyclic) bond motifs is 1. The number of benzene rings is 2. The molecule has 2 aromatic carbocycles. The van der Waals surface area contributed by atoms with Crippen molar-refractivity contribution in [3.05, 3.63) is 58.1 Å². The third-order valence-corrected chi connectivity index (χ3v) is 3.90. The first-order chi connectivity index (χ1) is 9.13. The van der Waals surface area contributed by atoms with E-state index in [2.05, 4.69) is 59.4 Å². The number of aryl methyl sites for hydroxylation is 1. The van der Waals surface area contributed by atoms with Crippen molar-refractivity contribution in [3.63, 3.8) is 0 Å². The summed E-state index contributed by atoms with van der Waals surface area (Å²) in [5, 5.41) is 3.53. The Morgan fingerprint density at radius 3 is 2.79 bits per heavy atom. The lowest BCUT2D eigenvalue weighted by atomic mass is 10.0. The highest BCUT2D eigenvalue weighted by Gasteiger charge is 2.27. The highest BCUT2D eigenvalue weighted by molar-refractivity contribution is 9.10. The summed E-state index contributed by atoms with van der Waals surface area (Å²) in [7, 11) is 0. The highest BCUT2D eigenvalue weighted by atomic mass is 79.9. The van der Waals surface area contributed by atoms with Gasteiger partial charge in [-0.15, -0.1) is 0 Å². The monoisotopic (exact) mass is 317 g/mol. The van der Waals surface area contributed by atoms with Crippen LogP contribution in [0.25, 0.3) is 0 Å². The topological polar surface area (TPSA) is 21.3 Å². The van der Waals surface area contributed by atoms with E-state index in [1.807, 2.05) is 18.2 Å². The zero-order chi connectivity index (χ0) is 13.4. The first-order valence-corrected chi connectivity index (χ1v) is 7.22. The molecule has 0 aliphatic carbocycles. The van der Waals surface area contributed by atoms with Crippen molar-refractivity contribution in [2.24, 2.45) is 0 Å². The van der Waals surface area contributed by atoms with E-state index in [9.17, 15) is 0 Å². The van der Waals surface area contributed by atoms with Crippen molar-refractivity contribution in [2.75, 3.05) is 5.32 Å². The molecule has 0 radical (unpaired) electrons. The molecule has 1 aliphatic heterocycles. The molecule has 0 bridgehead atoms. The molecule has 0 saturated carbocycles. The van der Waals surface area contributed by atoms with Gasteiger partial charge in [0.25, 0.3) is 0 Å². The number of ether oxygens (including phenoxy) is 1. The standard InChI is InChI=1S/C16H16BrNO/c1-10-6-7-15-14(8-10)18-11(2)16(19-15)12-4-3-5-13(17)9-12/h3-9,11,16,18H,1-2H3. The summed E-state index contributed by atoms with van der Waals surface area (Å²) in [6.45, 7) is 4.24. The normalized spacial score (nSPS) is 21.2. The first kappa shape index (κ1) is 12.5. The van der Waals surface area contributed by atoms with Crippen LogP contribution in [0, 0.1) is 6.92 Å².